The SMILES string of the molecule is NC(=O)[C@@H](CCCN=C(N)N[N+](=O)[O-])NCc1ccc(CO)cc1. The average molecular weight is 338 g/mol. The minimum absolute atomic E-state index is 0.0213. The molecule has 0 saturated carbocycles. The number of aliphatic hydroxyl groups excluding tert-OH is 1. The van der Waals surface area contributed by atoms with Crippen molar-refractivity contribution < 1.29 is 14.9 Å². The fourth-order valence-corrected chi connectivity index (χ4v) is 1.97. The molecule has 0 heterocycles. The van der Waals surface area contributed by atoms with E-state index in [4.69, 9.17) is 16.6 Å². The summed E-state index contributed by atoms with van der Waals surface area (Å²) in [6.07, 6.45) is 0.920. The number of benzene rings is 1. The molecule has 0 saturated heterocycles. The van der Waals surface area contributed by atoms with E-state index in [0.717, 1.165) is 11.1 Å². The molecule has 132 valence electrons. The molecule has 0 unspecified atom stereocenters. The predicted octanol–water partition coefficient (Wildman–Crippen LogP) is -1.00. The topological polar surface area (TPSA) is 169 Å². The van der Waals surface area contributed by atoms with Gasteiger partial charge in [-0.1, -0.05) is 29.7 Å². The molecule has 10 nitrogen and oxygen atoms in total. The number of rotatable bonds is 10. The Morgan fingerprint density at radius 1 is 1.29 bits per heavy atom. The number of nitrogens with zero attached hydrogens (tertiary/aromatic N) is 2. The summed E-state index contributed by atoms with van der Waals surface area (Å²) in [5.41, 5.74) is 14.1. The van der Waals surface area contributed by atoms with Crippen molar-refractivity contribution in [2.75, 3.05) is 6.54 Å². The average Bonchev–Trinajstić information content (AvgIpc) is 2.53. The quantitative estimate of drug-likeness (QED) is 0.120. The standard InChI is InChI=1S/C14H22N6O4/c15-13(22)12(2-1-7-17-14(16)19-20(23)24)18-8-10-3-5-11(9-21)6-4-10/h3-6,12,18,21H,1-2,7-9H2,(H2,15,22)(H3,16,17,19)/t12-/m1/s1. The molecule has 10 heteroatoms. The van der Waals surface area contributed by atoms with Crippen molar-refractivity contribution in [3.05, 3.63) is 45.5 Å². The van der Waals surface area contributed by atoms with E-state index in [9.17, 15) is 14.9 Å². The number of hydrogen-bond donors (Lipinski definition) is 5. The van der Waals surface area contributed by atoms with Crippen molar-refractivity contribution in [2.45, 2.75) is 32.0 Å². The maximum absolute atomic E-state index is 11.5. The predicted molar refractivity (Wildman–Crippen MR) is 88.0 cm³/mol. The number of aliphatic hydroxyl groups is 1. The second kappa shape index (κ2) is 10.1. The van der Waals surface area contributed by atoms with Crippen molar-refractivity contribution >= 4 is 11.9 Å². The lowest BCUT2D eigenvalue weighted by Gasteiger charge is -2.15. The molecule has 7 N–H and O–H groups in total. The van der Waals surface area contributed by atoms with Crippen LogP contribution in [0.2, 0.25) is 0 Å². The third kappa shape index (κ3) is 7.51. The van der Waals surface area contributed by atoms with Crippen LogP contribution in [0.1, 0.15) is 24.0 Å². The Balaban J connectivity index is 2.41. The van der Waals surface area contributed by atoms with Crippen LogP contribution in [0.5, 0.6) is 0 Å². The first-order chi connectivity index (χ1) is 11.4. The molecule has 1 atom stereocenters. The number of nitrogens with one attached hydrogen (secondary N) is 2. The van der Waals surface area contributed by atoms with Crippen LogP contribution in [0.25, 0.3) is 0 Å². The van der Waals surface area contributed by atoms with Gasteiger partial charge >= 0.3 is 0 Å². The van der Waals surface area contributed by atoms with Crippen LogP contribution in [-0.2, 0) is 17.9 Å². The fourth-order valence-electron chi connectivity index (χ4n) is 1.97. The Kier molecular flexibility index (Phi) is 8.16. The summed E-state index contributed by atoms with van der Waals surface area (Å²) in [6, 6.07) is 6.77. The van der Waals surface area contributed by atoms with Crippen LogP contribution < -0.4 is 22.2 Å². The van der Waals surface area contributed by atoms with Gasteiger partial charge in [-0.25, -0.2) is 15.1 Å². The number of hydrogen-bond acceptors (Lipinski definition) is 6. The van der Waals surface area contributed by atoms with Gasteiger partial charge in [0.1, 0.15) is 0 Å². The molecular formula is C14H22N6O4. The largest absolute Gasteiger partial charge is 0.392 e. The van der Waals surface area contributed by atoms with Gasteiger partial charge in [-0.3, -0.25) is 4.79 Å². The minimum Gasteiger partial charge on any atom is -0.392 e. The molecule has 24 heavy (non-hydrogen) atoms. The van der Waals surface area contributed by atoms with E-state index in [2.05, 4.69) is 10.3 Å². The Hall–Kier alpha value is -2.72. The monoisotopic (exact) mass is 338 g/mol. The van der Waals surface area contributed by atoms with E-state index in [1.165, 1.54) is 0 Å². The third-order valence-electron chi connectivity index (χ3n) is 3.24. The van der Waals surface area contributed by atoms with Gasteiger partial charge in [0.25, 0.3) is 5.96 Å². The molecule has 0 aromatic heterocycles. The number of guanidine groups is 1. The second-order valence-corrected chi connectivity index (χ2v) is 5.09. The van der Waals surface area contributed by atoms with Crippen LogP contribution >= 0.6 is 0 Å². The molecule has 1 aromatic rings. The van der Waals surface area contributed by atoms with Crippen LogP contribution in [0, 0.1) is 10.1 Å². The van der Waals surface area contributed by atoms with Gasteiger partial charge in [-0.2, -0.15) is 0 Å². The summed E-state index contributed by atoms with van der Waals surface area (Å²) in [5, 5.41) is 21.4. The lowest BCUT2D eigenvalue weighted by molar-refractivity contribution is -0.525. The number of aliphatic imine (C=N–C) groups is 1. The van der Waals surface area contributed by atoms with E-state index < -0.39 is 17.0 Å². The number of amides is 1. The maximum atomic E-state index is 11.5. The van der Waals surface area contributed by atoms with Gasteiger partial charge in [0.2, 0.25) is 5.91 Å². The summed E-state index contributed by atoms with van der Waals surface area (Å²) in [7, 11) is 0. The van der Waals surface area contributed by atoms with Gasteiger partial charge in [0.15, 0.2) is 5.03 Å². The number of nitrogens with two attached hydrogens (primary N) is 2. The first kappa shape index (κ1) is 19.3. The highest BCUT2D eigenvalue weighted by Crippen LogP contribution is 2.05. The first-order valence-electron chi connectivity index (χ1n) is 7.34. The number of carbonyl (C=O) groups is 1. The zero-order chi connectivity index (χ0) is 17.9. The highest BCUT2D eigenvalue weighted by molar-refractivity contribution is 5.79. The van der Waals surface area contributed by atoms with Gasteiger partial charge in [0.05, 0.1) is 12.6 Å². The molecule has 0 bridgehead atoms. The molecule has 0 fully saturated rings. The molecule has 1 amide bonds. The summed E-state index contributed by atoms with van der Waals surface area (Å²) in [5.74, 6) is -0.769. The zero-order valence-electron chi connectivity index (χ0n) is 13.1. The molecule has 0 radical (unpaired) electrons. The number of primary amides is 1. The number of carbonyl (C=O) groups excluding carboxylic acids is 1. The molecule has 0 spiro atoms. The minimum atomic E-state index is -0.797. The first-order valence-corrected chi connectivity index (χ1v) is 7.34. The van der Waals surface area contributed by atoms with Gasteiger partial charge in [-0.15, -0.1) is 0 Å². The van der Waals surface area contributed by atoms with Crippen molar-refractivity contribution in [3.8, 4) is 0 Å². The zero-order valence-corrected chi connectivity index (χ0v) is 13.1. The Morgan fingerprint density at radius 2 is 1.92 bits per heavy atom. The van der Waals surface area contributed by atoms with Crippen LogP contribution in [-0.4, -0.2) is 34.6 Å². The Bertz CT molecular complexity index is 575. The van der Waals surface area contributed by atoms with Gasteiger partial charge in [-0.05, 0) is 24.0 Å². The summed E-state index contributed by atoms with van der Waals surface area (Å²) < 4.78 is 0. The van der Waals surface area contributed by atoms with Gasteiger partial charge < -0.3 is 21.9 Å². The van der Waals surface area contributed by atoms with E-state index in [0.29, 0.717) is 19.4 Å². The molecule has 0 aliphatic rings. The van der Waals surface area contributed by atoms with E-state index >= 15 is 0 Å². The second-order valence-electron chi connectivity index (χ2n) is 5.09. The number of hydrazine groups is 1. The Morgan fingerprint density at radius 3 is 2.46 bits per heavy atom. The van der Waals surface area contributed by atoms with Crippen LogP contribution in [0.3, 0.4) is 0 Å². The lowest BCUT2D eigenvalue weighted by Crippen LogP contribution is -2.41. The smallest absolute Gasteiger partial charge is 0.251 e. The number of nitro groups is 1. The maximum Gasteiger partial charge on any atom is 0.251 e. The van der Waals surface area contributed by atoms with Crippen molar-refractivity contribution in [1.82, 2.24) is 10.7 Å². The molecule has 0 aliphatic carbocycles. The van der Waals surface area contributed by atoms with Crippen LogP contribution in [0.4, 0.5) is 0 Å². The van der Waals surface area contributed by atoms with Crippen molar-refractivity contribution in [2.24, 2.45) is 16.5 Å². The summed E-state index contributed by atoms with van der Waals surface area (Å²) in [4.78, 5) is 25.4. The summed E-state index contributed by atoms with van der Waals surface area (Å²) >= 11 is 0. The highest BCUT2D eigenvalue weighted by Gasteiger charge is 2.14. The van der Waals surface area contributed by atoms with Crippen molar-refractivity contribution in [1.29, 1.82) is 0 Å². The fraction of sp³-hybridized carbons (Fsp3) is 0.429. The lowest BCUT2D eigenvalue weighted by atomic mass is 10.1. The van der Waals surface area contributed by atoms with E-state index in [1.54, 1.807) is 17.6 Å². The van der Waals surface area contributed by atoms with Gasteiger partial charge in [0, 0.05) is 13.1 Å². The summed E-state index contributed by atoms with van der Waals surface area (Å²) in [6.45, 7) is 0.670. The van der Waals surface area contributed by atoms with Crippen molar-refractivity contribution in [3.63, 3.8) is 0 Å². The molecule has 1 aromatic carbocycles. The van der Waals surface area contributed by atoms with E-state index in [1.807, 2.05) is 12.1 Å². The molecule has 1 rings (SSSR count). The molecule has 0 aliphatic heterocycles. The highest BCUT2D eigenvalue weighted by atomic mass is 16.7. The van der Waals surface area contributed by atoms with E-state index in [-0.39, 0.29) is 19.1 Å². The Labute approximate surface area is 139 Å². The van der Waals surface area contributed by atoms with Crippen LogP contribution in [0.15, 0.2) is 29.3 Å². The molecular weight excluding hydrogens is 316 g/mol. The third-order valence-corrected chi connectivity index (χ3v) is 3.24. The normalized spacial score (nSPS) is 12.6.